The molecule has 2 unspecified atom stereocenters. The molecule has 0 bridgehead atoms. The van der Waals surface area contributed by atoms with Crippen LogP contribution < -0.4 is 0 Å². The van der Waals surface area contributed by atoms with Gasteiger partial charge in [-0.15, -0.1) is 5.10 Å². The molecule has 1 aliphatic carbocycles. The van der Waals surface area contributed by atoms with Crippen LogP contribution in [0.4, 0.5) is 0 Å². The highest BCUT2D eigenvalue weighted by Gasteiger charge is 2.25. The van der Waals surface area contributed by atoms with Gasteiger partial charge in [-0.05, 0) is 29.2 Å². The van der Waals surface area contributed by atoms with Crippen LogP contribution in [-0.2, 0) is 4.79 Å². The molecule has 1 heterocycles. The number of nitrogens with zero attached hydrogens (tertiary/aromatic N) is 4. The first-order chi connectivity index (χ1) is 8.70. The zero-order chi connectivity index (χ0) is 13.0. The number of hydrogen-bond donors (Lipinski definition) is 1. The summed E-state index contributed by atoms with van der Waals surface area (Å²) in [6, 6.07) is 0.329. The minimum absolute atomic E-state index is 0.00427. The SMILES string of the molecule is CCC1CCCC(n2nnnc2SCC(=O)O)C1. The molecular weight excluding hydrogens is 252 g/mol. The lowest BCUT2D eigenvalue weighted by Gasteiger charge is -2.28. The highest BCUT2D eigenvalue weighted by atomic mass is 32.2. The Labute approximate surface area is 110 Å². The van der Waals surface area contributed by atoms with Gasteiger partial charge in [0.2, 0.25) is 5.16 Å². The van der Waals surface area contributed by atoms with Crippen molar-refractivity contribution in [1.82, 2.24) is 20.2 Å². The summed E-state index contributed by atoms with van der Waals surface area (Å²) in [7, 11) is 0. The average molecular weight is 270 g/mol. The Bertz CT molecular complexity index is 410. The quantitative estimate of drug-likeness (QED) is 0.824. The standard InChI is InChI=1S/C11H18N4O2S/c1-2-8-4-3-5-9(6-8)15-11(12-13-14-15)18-7-10(16)17/h8-9H,2-7H2,1H3,(H,16,17). The molecule has 100 valence electrons. The number of thioether (sulfide) groups is 1. The maximum absolute atomic E-state index is 10.6. The summed E-state index contributed by atoms with van der Waals surface area (Å²) in [4.78, 5) is 10.6. The van der Waals surface area contributed by atoms with Crippen molar-refractivity contribution in [2.75, 3.05) is 5.75 Å². The fraction of sp³-hybridized carbons (Fsp3) is 0.818. The van der Waals surface area contributed by atoms with Gasteiger partial charge in [0, 0.05) is 0 Å². The molecule has 1 fully saturated rings. The Morgan fingerprint density at radius 2 is 2.39 bits per heavy atom. The maximum Gasteiger partial charge on any atom is 0.313 e. The van der Waals surface area contributed by atoms with Gasteiger partial charge >= 0.3 is 5.97 Å². The zero-order valence-corrected chi connectivity index (χ0v) is 11.3. The Kier molecular flexibility index (Phi) is 4.57. The van der Waals surface area contributed by atoms with E-state index in [1.807, 2.05) is 4.68 Å². The summed E-state index contributed by atoms with van der Waals surface area (Å²) in [6.45, 7) is 2.22. The largest absolute Gasteiger partial charge is 0.481 e. The van der Waals surface area contributed by atoms with Crippen molar-refractivity contribution in [2.24, 2.45) is 5.92 Å². The average Bonchev–Trinajstić information content (AvgIpc) is 2.84. The maximum atomic E-state index is 10.6. The van der Waals surface area contributed by atoms with E-state index in [4.69, 9.17) is 5.11 Å². The van der Waals surface area contributed by atoms with E-state index in [9.17, 15) is 4.79 Å². The van der Waals surface area contributed by atoms with Gasteiger partial charge in [-0.25, -0.2) is 4.68 Å². The van der Waals surface area contributed by atoms with Crippen LogP contribution in [0.5, 0.6) is 0 Å². The first kappa shape index (κ1) is 13.3. The predicted octanol–water partition coefficient (Wildman–Crippen LogP) is 1.99. The second-order valence-electron chi connectivity index (χ2n) is 4.68. The Hall–Kier alpha value is -1.11. The zero-order valence-electron chi connectivity index (χ0n) is 10.4. The first-order valence-electron chi connectivity index (χ1n) is 6.33. The molecular formula is C11H18N4O2S. The fourth-order valence-corrected chi connectivity index (χ4v) is 3.16. The van der Waals surface area contributed by atoms with Gasteiger partial charge in [0.1, 0.15) is 0 Å². The third kappa shape index (κ3) is 3.22. The minimum atomic E-state index is -0.843. The molecule has 2 rings (SSSR count). The van der Waals surface area contributed by atoms with E-state index in [2.05, 4.69) is 22.4 Å². The van der Waals surface area contributed by atoms with E-state index in [1.54, 1.807) is 0 Å². The summed E-state index contributed by atoms with van der Waals surface area (Å²) >= 11 is 1.19. The normalized spacial score (nSPS) is 24.1. The third-order valence-corrected chi connectivity index (χ3v) is 4.38. The van der Waals surface area contributed by atoms with Gasteiger partial charge in [-0.3, -0.25) is 4.79 Å². The van der Waals surface area contributed by atoms with Crippen molar-refractivity contribution in [3.63, 3.8) is 0 Å². The topological polar surface area (TPSA) is 80.9 Å². The Morgan fingerprint density at radius 1 is 1.56 bits per heavy atom. The van der Waals surface area contributed by atoms with Crippen LogP contribution in [0.1, 0.15) is 45.1 Å². The molecule has 0 aromatic carbocycles. The van der Waals surface area contributed by atoms with Crippen LogP contribution in [0.15, 0.2) is 5.16 Å². The lowest BCUT2D eigenvalue weighted by atomic mass is 9.84. The molecule has 1 N–H and O–H groups in total. The summed E-state index contributed by atoms with van der Waals surface area (Å²) in [5, 5.41) is 20.9. The molecule has 7 heteroatoms. The van der Waals surface area contributed by atoms with Crippen molar-refractivity contribution in [1.29, 1.82) is 0 Å². The minimum Gasteiger partial charge on any atom is -0.481 e. The molecule has 1 aromatic heterocycles. The van der Waals surface area contributed by atoms with Crippen molar-refractivity contribution < 1.29 is 9.90 Å². The predicted molar refractivity (Wildman–Crippen MR) is 67.5 cm³/mol. The second kappa shape index (κ2) is 6.17. The molecule has 1 aromatic rings. The van der Waals surface area contributed by atoms with Gasteiger partial charge in [0.25, 0.3) is 0 Å². The van der Waals surface area contributed by atoms with Gasteiger partial charge in [0.05, 0.1) is 11.8 Å². The summed E-state index contributed by atoms with van der Waals surface area (Å²) < 4.78 is 1.81. The molecule has 0 amide bonds. The van der Waals surface area contributed by atoms with Crippen LogP contribution in [0.3, 0.4) is 0 Å². The molecule has 0 aliphatic heterocycles. The van der Waals surface area contributed by atoms with Crippen molar-refractivity contribution in [3.8, 4) is 0 Å². The van der Waals surface area contributed by atoms with Crippen molar-refractivity contribution >= 4 is 17.7 Å². The first-order valence-corrected chi connectivity index (χ1v) is 7.31. The van der Waals surface area contributed by atoms with Crippen LogP contribution in [0, 0.1) is 5.92 Å². The molecule has 6 nitrogen and oxygen atoms in total. The summed E-state index contributed by atoms with van der Waals surface area (Å²) in [5.41, 5.74) is 0. The number of carboxylic acid groups (broad SMARTS) is 1. The van der Waals surface area contributed by atoms with Gasteiger partial charge in [-0.1, -0.05) is 37.9 Å². The van der Waals surface area contributed by atoms with Crippen LogP contribution >= 0.6 is 11.8 Å². The van der Waals surface area contributed by atoms with E-state index in [0.29, 0.717) is 11.2 Å². The Balaban J connectivity index is 2.03. The number of tetrazole rings is 1. The van der Waals surface area contributed by atoms with Gasteiger partial charge < -0.3 is 5.11 Å². The van der Waals surface area contributed by atoms with Crippen LogP contribution in [0.25, 0.3) is 0 Å². The highest BCUT2D eigenvalue weighted by molar-refractivity contribution is 7.99. The third-order valence-electron chi connectivity index (χ3n) is 3.47. The molecule has 2 atom stereocenters. The van der Waals surface area contributed by atoms with Crippen molar-refractivity contribution in [3.05, 3.63) is 0 Å². The lowest BCUT2D eigenvalue weighted by molar-refractivity contribution is -0.133. The van der Waals surface area contributed by atoms with E-state index < -0.39 is 5.97 Å². The van der Waals surface area contributed by atoms with Gasteiger partial charge in [0.15, 0.2) is 0 Å². The van der Waals surface area contributed by atoms with E-state index >= 15 is 0 Å². The number of hydrogen-bond acceptors (Lipinski definition) is 5. The number of aromatic nitrogens is 4. The molecule has 1 saturated carbocycles. The summed E-state index contributed by atoms with van der Waals surface area (Å²) in [5.74, 6) is -0.0977. The van der Waals surface area contributed by atoms with Crippen LogP contribution in [0.2, 0.25) is 0 Å². The highest BCUT2D eigenvalue weighted by Crippen LogP contribution is 2.35. The number of rotatable bonds is 5. The summed E-state index contributed by atoms with van der Waals surface area (Å²) in [6.07, 6.45) is 5.86. The number of carboxylic acids is 1. The second-order valence-corrected chi connectivity index (χ2v) is 5.63. The molecule has 18 heavy (non-hydrogen) atoms. The molecule has 0 spiro atoms. The van der Waals surface area contributed by atoms with Crippen LogP contribution in [-0.4, -0.2) is 37.0 Å². The fourth-order valence-electron chi connectivity index (χ4n) is 2.49. The smallest absolute Gasteiger partial charge is 0.313 e. The monoisotopic (exact) mass is 270 g/mol. The van der Waals surface area contributed by atoms with E-state index in [-0.39, 0.29) is 5.75 Å². The van der Waals surface area contributed by atoms with Gasteiger partial charge in [-0.2, -0.15) is 0 Å². The molecule has 1 aliphatic rings. The molecule has 0 radical (unpaired) electrons. The lowest BCUT2D eigenvalue weighted by Crippen LogP contribution is -2.20. The Morgan fingerprint density at radius 3 is 3.11 bits per heavy atom. The van der Waals surface area contributed by atoms with E-state index in [1.165, 1.54) is 31.0 Å². The van der Waals surface area contributed by atoms with Crippen molar-refractivity contribution in [2.45, 2.75) is 50.2 Å². The number of aliphatic carboxylic acids is 1. The van der Waals surface area contributed by atoms with E-state index in [0.717, 1.165) is 18.8 Å². The number of carbonyl (C=O) groups is 1. The molecule has 0 saturated heterocycles.